The Hall–Kier alpha value is -4.25. The largest absolute Gasteiger partial charge is 0.494 e. The maximum Gasteiger partial charge on any atom is 0.271 e. The van der Waals surface area contributed by atoms with Crippen LogP contribution in [0.2, 0.25) is 0 Å². The van der Waals surface area contributed by atoms with E-state index >= 15 is 0 Å². The summed E-state index contributed by atoms with van der Waals surface area (Å²) >= 11 is 0. The molecule has 0 aliphatic carbocycles. The van der Waals surface area contributed by atoms with Gasteiger partial charge in [-0.3, -0.25) is 14.2 Å². The molecule has 0 amide bonds. The van der Waals surface area contributed by atoms with Gasteiger partial charge in [0.2, 0.25) is 12.7 Å². The molecule has 0 saturated heterocycles. The van der Waals surface area contributed by atoms with Gasteiger partial charge >= 0.3 is 0 Å². The monoisotopic (exact) mass is 446 g/mol. The third-order valence-electron chi connectivity index (χ3n) is 5.39. The third kappa shape index (κ3) is 4.13. The van der Waals surface area contributed by atoms with Gasteiger partial charge in [0.1, 0.15) is 17.4 Å². The second-order valence-electron chi connectivity index (χ2n) is 7.59. The van der Waals surface area contributed by atoms with Gasteiger partial charge in [-0.15, -0.1) is 0 Å². The number of hydrogen-bond acceptors (Lipinski definition) is 7. The van der Waals surface area contributed by atoms with Gasteiger partial charge in [0, 0.05) is 5.56 Å². The molecule has 2 heterocycles. The molecule has 1 aliphatic heterocycles. The molecule has 4 rings (SSSR count). The molecule has 0 bridgehead atoms. The van der Waals surface area contributed by atoms with Gasteiger partial charge in [-0.1, -0.05) is 13.0 Å². The highest BCUT2D eigenvalue weighted by Crippen LogP contribution is 2.33. The van der Waals surface area contributed by atoms with Crippen molar-refractivity contribution in [3.05, 3.63) is 80.6 Å². The zero-order valence-corrected chi connectivity index (χ0v) is 18.3. The summed E-state index contributed by atoms with van der Waals surface area (Å²) in [6.07, 6.45) is 0.857. The van der Waals surface area contributed by atoms with Crippen LogP contribution >= 0.6 is 0 Å². The average Bonchev–Trinajstić information content (AvgIpc) is 3.29. The number of nitriles is 1. The highest BCUT2D eigenvalue weighted by molar-refractivity contribution is 6.11. The van der Waals surface area contributed by atoms with Crippen molar-refractivity contribution >= 4 is 5.78 Å². The standard InChI is InChI=1S/C25H22N2O6/c1-3-10-31-18-7-5-17(6-8-18)23(28)22-15(2)19(12-26)24(29)27(25(22)30)13-16-4-9-20-21(11-16)33-14-32-20/h4-9,11,30H,3,10,13-14H2,1-2H3. The lowest BCUT2D eigenvalue weighted by atomic mass is 9.97. The van der Waals surface area contributed by atoms with Crippen LogP contribution in [0.5, 0.6) is 23.1 Å². The number of ether oxygens (including phenoxy) is 3. The number of rotatable bonds is 7. The lowest BCUT2D eigenvalue weighted by Crippen LogP contribution is -2.27. The normalized spacial score (nSPS) is 11.8. The van der Waals surface area contributed by atoms with E-state index in [-0.39, 0.29) is 30.0 Å². The number of nitrogens with zero attached hydrogens (tertiary/aromatic N) is 2. The molecule has 8 nitrogen and oxygen atoms in total. The lowest BCUT2D eigenvalue weighted by molar-refractivity contribution is 0.103. The Morgan fingerprint density at radius 1 is 1.18 bits per heavy atom. The molecule has 0 fully saturated rings. The highest BCUT2D eigenvalue weighted by Gasteiger charge is 2.25. The van der Waals surface area contributed by atoms with E-state index in [1.807, 2.05) is 13.0 Å². The van der Waals surface area contributed by atoms with E-state index < -0.39 is 17.2 Å². The topological polar surface area (TPSA) is 111 Å². The lowest BCUT2D eigenvalue weighted by Gasteiger charge is -2.16. The third-order valence-corrected chi connectivity index (χ3v) is 5.39. The minimum absolute atomic E-state index is 0.0552. The maximum atomic E-state index is 13.3. The minimum atomic E-state index is -0.676. The van der Waals surface area contributed by atoms with Crippen molar-refractivity contribution in [2.45, 2.75) is 26.8 Å². The van der Waals surface area contributed by atoms with Crippen LogP contribution in [-0.2, 0) is 6.54 Å². The van der Waals surface area contributed by atoms with Gasteiger partial charge < -0.3 is 19.3 Å². The summed E-state index contributed by atoms with van der Waals surface area (Å²) in [6.45, 7) is 4.09. The van der Waals surface area contributed by atoms with E-state index in [1.165, 1.54) is 6.92 Å². The van der Waals surface area contributed by atoms with Gasteiger partial charge in [0.25, 0.3) is 5.56 Å². The van der Waals surface area contributed by atoms with Crippen molar-refractivity contribution in [1.82, 2.24) is 4.57 Å². The fourth-order valence-corrected chi connectivity index (χ4v) is 3.66. The molecule has 0 unspecified atom stereocenters. The predicted octanol–water partition coefficient (Wildman–Crippen LogP) is 3.53. The Bertz CT molecular complexity index is 1320. The first-order chi connectivity index (χ1) is 15.9. The van der Waals surface area contributed by atoms with E-state index in [0.717, 1.165) is 11.0 Å². The van der Waals surface area contributed by atoms with E-state index in [4.69, 9.17) is 14.2 Å². The summed E-state index contributed by atoms with van der Waals surface area (Å²) in [5.41, 5.74) is 0.117. The summed E-state index contributed by atoms with van der Waals surface area (Å²) in [5, 5.41) is 20.6. The predicted molar refractivity (Wildman–Crippen MR) is 119 cm³/mol. The molecular weight excluding hydrogens is 424 g/mol. The van der Waals surface area contributed by atoms with E-state index in [1.54, 1.807) is 42.5 Å². The summed E-state index contributed by atoms with van der Waals surface area (Å²) < 4.78 is 17.2. The van der Waals surface area contributed by atoms with Crippen LogP contribution in [0.15, 0.2) is 47.3 Å². The van der Waals surface area contributed by atoms with E-state index in [9.17, 15) is 20.0 Å². The Labute approximate surface area is 190 Å². The first kappa shape index (κ1) is 22.0. The smallest absolute Gasteiger partial charge is 0.271 e. The minimum Gasteiger partial charge on any atom is -0.494 e. The fourth-order valence-electron chi connectivity index (χ4n) is 3.66. The molecule has 0 radical (unpaired) electrons. The molecule has 168 valence electrons. The van der Waals surface area contributed by atoms with E-state index in [2.05, 4.69) is 0 Å². The quantitative estimate of drug-likeness (QED) is 0.553. The van der Waals surface area contributed by atoms with Crippen LogP contribution in [0.1, 0.15) is 46.0 Å². The van der Waals surface area contributed by atoms with Crippen molar-refractivity contribution in [3.8, 4) is 29.2 Å². The van der Waals surface area contributed by atoms with Crippen LogP contribution in [0.3, 0.4) is 0 Å². The Kier molecular flexibility index (Phi) is 6.05. The number of aromatic nitrogens is 1. The van der Waals surface area contributed by atoms with Crippen molar-refractivity contribution in [3.63, 3.8) is 0 Å². The Morgan fingerprint density at radius 3 is 2.61 bits per heavy atom. The number of aromatic hydroxyl groups is 1. The van der Waals surface area contributed by atoms with Gasteiger partial charge in [0.15, 0.2) is 17.3 Å². The summed E-state index contributed by atoms with van der Waals surface area (Å²) in [7, 11) is 0. The van der Waals surface area contributed by atoms with Crippen molar-refractivity contribution in [2.75, 3.05) is 13.4 Å². The summed E-state index contributed by atoms with van der Waals surface area (Å²) in [6, 6.07) is 13.5. The van der Waals surface area contributed by atoms with Gasteiger partial charge in [-0.2, -0.15) is 5.26 Å². The van der Waals surface area contributed by atoms with Crippen molar-refractivity contribution < 1.29 is 24.1 Å². The first-order valence-electron chi connectivity index (χ1n) is 10.5. The molecular formula is C25H22N2O6. The molecule has 0 spiro atoms. The number of hydrogen-bond donors (Lipinski definition) is 1. The van der Waals surface area contributed by atoms with Gasteiger partial charge in [0.05, 0.1) is 18.7 Å². The second kappa shape index (κ2) is 9.09. The van der Waals surface area contributed by atoms with Gasteiger partial charge in [-0.25, -0.2) is 0 Å². The Balaban J connectivity index is 1.75. The number of carbonyl (C=O) groups excluding carboxylic acids is 1. The molecule has 0 atom stereocenters. The van der Waals surface area contributed by atoms with Crippen LogP contribution in [0.25, 0.3) is 0 Å². The van der Waals surface area contributed by atoms with Crippen molar-refractivity contribution in [2.24, 2.45) is 0 Å². The van der Waals surface area contributed by atoms with Crippen LogP contribution in [0, 0.1) is 18.3 Å². The molecule has 33 heavy (non-hydrogen) atoms. The molecule has 8 heteroatoms. The summed E-state index contributed by atoms with van der Waals surface area (Å²) in [5.74, 6) is 0.738. The second-order valence-corrected chi connectivity index (χ2v) is 7.59. The van der Waals surface area contributed by atoms with Crippen molar-refractivity contribution in [1.29, 1.82) is 5.26 Å². The van der Waals surface area contributed by atoms with Gasteiger partial charge in [-0.05, 0) is 60.9 Å². The average molecular weight is 446 g/mol. The van der Waals surface area contributed by atoms with Crippen LogP contribution < -0.4 is 19.8 Å². The molecule has 1 aliphatic rings. The first-order valence-corrected chi connectivity index (χ1v) is 10.5. The number of fused-ring (bicyclic) bond motifs is 1. The zero-order chi connectivity index (χ0) is 23.5. The fraction of sp³-hybridized carbons (Fsp3) is 0.240. The van der Waals surface area contributed by atoms with Crippen LogP contribution in [-0.4, -0.2) is 28.9 Å². The SMILES string of the molecule is CCCOc1ccc(C(=O)c2c(C)c(C#N)c(=O)n(Cc3ccc4c(c3)OCO4)c2O)cc1. The number of carbonyl (C=O) groups is 1. The number of ketones is 1. The van der Waals surface area contributed by atoms with E-state index in [0.29, 0.717) is 35.0 Å². The number of pyridine rings is 1. The number of benzene rings is 2. The molecule has 1 aromatic heterocycles. The highest BCUT2D eigenvalue weighted by atomic mass is 16.7. The maximum absolute atomic E-state index is 13.3. The Morgan fingerprint density at radius 2 is 1.91 bits per heavy atom. The molecule has 2 aromatic carbocycles. The zero-order valence-electron chi connectivity index (χ0n) is 18.3. The molecule has 3 aromatic rings. The van der Waals surface area contributed by atoms with Crippen LogP contribution in [0.4, 0.5) is 0 Å². The molecule has 0 saturated carbocycles. The molecule has 1 N–H and O–H groups in total. The summed E-state index contributed by atoms with van der Waals surface area (Å²) in [4.78, 5) is 26.2.